The molecule has 0 saturated carbocycles. The molecule has 0 radical (unpaired) electrons. The molecule has 152 valence electrons. The number of amides is 1. The summed E-state index contributed by atoms with van der Waals surface area (Å²) in [6.07, 6.45) is 1.68. The van der Waals surface area contributed by atoms with Crippen molar-refractivity contribution in [3.8, 4) is 17.2 Å². The molecule has 0 saturated heterocycles. The standard InChI is InChI=1S/C22H21N5O3/c1-3-30-19-10-9-15(12-20(19)29-2)14-24-22(28)16-6-4-7-17(13-16)27-21-18(25-26-27)8-5-11-23-21/h4-13H,3,14H2,1-2H3,(H,24,28). The topological polar surface area (TPSA) is 91.2 Å². The number of aromatic nitrogens is 4. The van der Waals surface area contributed by atoms with Crippen LogP contribution >= 0.6 is 0 Å². The van der Waals surface area contributed by atoms with E-state index in [2.05, 4.69) is 20.6 Å². The maximum atomic E-state index is 12.7. The Labute approximate surface area is 173 Å². The lowest BCUT2D eigenvalue weighted by atomic mass is 10.1. The van der Waals surface area contributed by atoms with Gasteiger partial charge in [-0.1, -0.05) is 17.3 Å². The van der Waals surface area contributed by atoms with Gasteiger partial charge in [-0.3, -0.25) is 4.79 Å². The van der Waals surface area contributed by atoms with Crippen molar-refractivity contribution >= 4 is 17.1 Å². The molecule has 8 nitrogen and oxygen atoms in total. The lowest BCUT2D eigenvalue weighted by Crippen LogP contribution is -2.23. The van der Waals surface area contributed by atoms with E-state index >= 15 is 0 Å². The Balaban J connectivity index is 1.50. The zero-order valence-electron chi connectivity index (χ0n) is 16.7. The monoisotopic (exact) mass is 403 g/mol. The second-order valence-corrected chi connectivity index (χ2v) is 6.50. The highest BCUT2D eigenvalue weighted by Crippen LogP contribution is 2.28. The molecule has 1 N–H and O–H groups in total. The Kier molecular flexibility index (Phi) is 5.56. The van der Waals surface area contributed by atoms with Gasteiger partial charge in [-0.25, -0.2) is 4.98 Å². The highest BCUT2D eigenvalue weighted by Gasteiger charge is 2.12. The van der Waals surface area contributed by atoms with Gasteiger partial charge in [-0.2, -0.15) is 4.68 Å². The van der Waals surface area contributed by atoms with Gasteiger partial charge in [0, 0.05) is 18.3 Å². The zero-order chi connectivity index (χ0) is 20.9. The van der Waals surface area contributed by atoms with E-state index in [0.29, 0.717) is 47.1 Å². The van der Waals surface area contributed by atoms with Gasteiger partial charge in [-0.15, -0.1) is 5.10 Å². The number of nitrogens with zero attached hydrogens (tertiary/aromatic N) is 4. The number of fused-ring (bicyclic) bond motifs is 1. The summed E-state index contributed by atoms with van der Waals surface area (Å²) >= 11 is 0. The Morgan fingerprint density at radius 2 is 2.00 bits per heavy atom. The first-order valence-electron chi connectivity index (χ1n) is 9.54. The number of rotatable bonds is 7. The van der Waals surface area contributed by atoms with Crippen molar-refractivity contribution in [1.82, 2.24) is 25.3 Å². The highest BCUT2D eigenvalue weighted by molar-refractivity contribution is 5.94. The average molecular weight is 403 g/mol. The van der Waals surface area contributed by atoms with Gasteiger partial charge in [-0.05, 0) is 55.0 Å². The molecule has 8 heteroatoms. The SMILES string of the molecule is CCOc1ccc(CNC(=O)c2cccc(-n3nnc4cccnc43)c2)cc1OC. The van der Waals surface area contributed by atoms with Crippen LogP contribution in [0.25, 0.3) is 16.9 Å². The molecule has 2 aromatic heterocycles. The van der Waals surface area contributed by atoms with E-state index in [1.54, 1.807) is 42.3 Å². The maximum absolute atomic E-state index is 12.7. The largest absolute Gasteiger partial charge is 0.493 e. The molecule has 0 aliphatic rings. The van der Waals surface area contributed by atoms with Gasteiger partial charge in [0.2, 0.25) is 0 Å². The molecule has 0 bridgehead atoms. The van der Waals surface area contributed by atoms with Gasteiger partial charge in [0.15, 0.2) is 17.1 Å². The van der Waals surface area contributed by atoms with Crippen molar-refractivity contribution in [1.29, 1.82) is 0 Å². The van der Waals surface area contributed by atoms with Crippen molar-refractivity contribution in [3.05, 3.63) is 71.9 Å². The maximum Gasteiger partial charge on any atom is 0.251 e. The number of nitrogens with one attached hydrogen (secondary N) is 1. The second kappa shape index (κ2) is 8.60. The van der Waals surface area contributed by atoms with Crippen LogP contribution < -0.4 is 14.8 Å². The fourth-order valence-electron chi connectivity index (χ4n) is 3.10. The molecule has 1 amide bonds. The summed E-state index contributed by atoms with van der Waals surface area (Å²) in [5.74, 6) is 1.12. The number of hydrogen-bond donors (Lipinski definition) is 1. The van der Waals surface area contributed by atoms with E-state index in [0.717, 1.165) is 5.56 Å². The van der Waals surface area contributed by atoms with Crippen LogP contribution in [0.2, 0.25) is 0 Å². The van der Waals surface area contributed by atoms with E-state index in [9.17, 15) is 4.79 Å². The van der Waals surface area contributed by atoms with Crippen LogP contribution in [-0.4, -0.2) is 39.6 Å². The minimum absolute atomic E-state index is 0.193. The molecule has 4 rings (SSSR count). The fraction of sp³-hybridized carbons (Fsp3) is 0.182. The average Bonchev–Trinajstić information content (AvgIpc) is 3.22. The zero-order valence-corrected chi connectivity index (χ0v) is 16.7. The highest BCUT2D eigenvalue weighted by atomic mass is 16.5. The van der Waals surface area contributed by atoms with E-state index in [1.807, 2.05) is 37.3 Å². The molecule has 0 fully saturated rings. The van der Waals surface area contributed by atoms with Gasteiger partial charge in [0.05, 0.1) is 19.4 Å². The Bertz CT molecular complexity index is 1190. The van der Waals surface area contributed by atoms with Crippen LogP contribution in [-0.2, 0) is 6.54 Å². The summed E-state index contributed by atoms with van der Waals surface area (Å²) in [4.78, 5) is 17.0. The smallest absolute Gasteiger partial charge is 0.251 e. The number of methoxy groups -OCH3 is 1. The third-order valence-corrected chi connectivity index (χ3v) is 4.54. The Morgan fingerprint density at radius 3 is 2.83 bits per heavy atom. The molecular formula is C22H21N5O3. The summed E-state index contributed by atoms with van der Waals surface area (Å²) in [5.41, 5.74) is 3.47. The second-order valence-electron chi connectivity index (χ2n) is 6.50. The van der Waals surface area contributed by atoms with Crippen LogP contribution in [0, 0.1) is 0 Å². The van der Waals surface area contributed by atoms with Crippen molar-refractivity contribution in [2.75, 3.05) is 13.7 Å². The van der Waals surface area contributed by atoms with Crippen molar-refractivity contribution in [2.24, 2.45) is 0 Å². The van der Waals surface area contributed by atoms with Crippen LogP contribution in [0.15, 0.2) is 60.8 Å². The molecule has 30 heavy (non-hydrogen) atoms. The number of benzene rings is 2. The van der Waals surface area contributed by atoms with Crippen molar-refractivity contribution in [3.63, 3.8) is 0 Å². The number of pyridine rings is 1. The third kappa shape index (κ3) is 3.93. The predicted molar refractivity (Wildman–Crippen MR) is 112 cm³/mol. The van der Waals surface area contributed by atoms with Gasteiger partial charge >= 0.3 is 0 Å². The lowest BCUT2D eigenvalue weighted by molar-refractivity contribution is 0.0951. The van der Waals surface area contributed by atoms with E-state index < -0.39 is 0 Å². The van der Waals surface area contributed by atoms with E-state index in [-0.39, 0.29) is 5.91 Å². The number of hydrogen-bond acceptors (Lipinski definition) is 6. The van der Waals surface area contributed by atoms with Crippen LogP contribution in [0.4, 0.5) is 0 Å². The first-order valence-corrected chi connectivity index (χ1v) is 9.54. The van der Waals surface area contributed by atoms with Crippen molar-refractivity contribution < 1.29 is 14.3 Å². The van der Waals surface area contributed by atoms with Crippen molar-refractivity contribution in [2.45, 2.75) is 13.5 Å². The fourth-order valence-corrected chi connectivity index (χ4v) is 3.10. The van der Waals surface area contributed by atoms with Gasteiger partial charge in [0.1, 0.15) is 5.52 Å². The summed E-state index contributed by atoms with van der Waals surface area (Å²) in [6.45, 7) is 2.83. The molecular weight excluding hydrogens is 382 g/mol. The summed E-state index contributed by atoms with van der Waals surface area (Å²) in [6, 6.07) is 16.4. The number of carbonyl (C=O) groups is 1. The molecule has 0 atom stereocenters. The van der Waals surface area contributed by atoms with E-state index in [1.165, 1.54) is 0 Å². The van der Waals surface area contributed by atoms with Gasteiger partial charge in [0.25, 0.3) is 5.91 Å². The minimum Gasteiger partial charge on any atom is -0.493 e. The molecule has 0 spiro atoms. The quantitative estimate of drug-likeness (QED) is 0.510. The minimum atomic E-state index is -0.193. The normalized spacial score (nSPS) is 10.7. The lowest BCUT2D eigenvalue weighted by Gasteiger charge is -2.12. The van der Waals surface area contributed by atoms with Gasteiger partial charge < -0.3 is 14.8 Å². The van der Waals surface area contributed by atoms with E-state index in [4.69, 9.17) is 9.47 Å². The molecule has 0 aliphatic heterocycles. The third-order valence-electron chi connectivity index (χ3n) is 4.54. The number of ether oxygens (including phenoxy) is 2. The number of carbonyl (C=O) groups excluding carboxylic acids is 1. The summed E-state index contributed by atoms with van der Waals surface area (Å²) < 4.78 is 12.5. The summed E-state index contributed by atoms with van der Waals surface area (Å²) in [7, 11) is 1.59. The van der Waals surface area contributed by atoms with Crippen LogP contribution in [0.1, 0.15) is 22.8 Å². The summed E-state index contributed by atoms with van der Waals surface area (Å²) in [5, 5.41) is 11.2. The molecule has 4 aromatic rings. The first kappa shape index (κ1) is 19.4. The predicted octanol–water partition coefficient (Wildman–Crippen LogP) is 3.15. The first-order chi connectivity index (χ1) is 14.7. The molecule has 0 unspecified atom stereocenters. The Morgan fingerprint density at radius 1 is 1.10 bits per heavy atom. The molecule has 0 aliphatic carbocycles. The Hall–Kier alpha value is -3.94. The van der Waals surface area contributed by atoms with Crippen LogP contribution in [0.5, 0.6) is 11.5 Å². The van der Waals surface area contributed by atoms with Crippen LogP contribution in [0.3, 0.4) is 0 Å². The molecule has 2 heterocycles. The molecule has 2 aromatic carbocycles.